The van der Waals surface area contributed by atoms with Gasteiger partial charge in [0.1, 0.15) is 0 Å². The van der Waals surface area contributed by atoms with Crippen LogP contribution in [0.15, 0.2) is 30.3 Å². The van der Waals surface area contributed by atoms with E-state index in [1.807, 2.05) is 30.3 Å². The number of carbonyl (C=O) groups is 1. The standard InChI is InChI=1S/C14H21NO2/c1-4-14(2,3)15-10-12(13(16)17)11-8-6-5-7-9-11/h5-9,12,15H,4,10H2,1-3H3,(H,16,17). The fourth-order valence-electron chi connectivity index (χ4n) is 1.54. The predicted molar refractivity (Wildman–Crippen MR) is 69.2 cm³/mol. The first-order chi connectivity index (χ1) is 7.96. The van der Waals surface area contributed by atoms with Crippen molar-refractivity contribution in [2.24, 2.45) is 0 Å². The molecule has 0 bridgehead atoms. The van der Waals surface area contributed by atoms with E-state index in [9.17, 15) is 9.90 Å². The van der Waals surface area contributed by atoms with Gasteiger partial charge in [0.15, 0.2) is 0 Å². The normalized spacial score (nSPS) is 13.4. The van der Waals surface area contributed by atoms with E-state index in [-0.39, 0.29) is 5.54 Å². The van der Waals surface area contributed by atoms with Crippen molar-refractivity contribution in [2.45, 2.75) is 38.6 Å². The van der Waals surface area contributed by atoms with Gasteiger partial charge in [-0.2, -0.15) is 0 Å². The molecule has 0 radical (unpaired) electrons. The van der Waals surface area contributed by atoms with E-state index < -0.39 is 11.9 Å². The second-order valence-electron chi connectivity index (χ2n) is 4.92. The molecule has 2 N–H and O–H groups in total. The van der Waals surface area contributed by atoms with E-state index in [0.717, 1.165) is 12.0 Å². The van der Waals surface area contributed by atoms with Gasteiger partial charge in [-0.05, 0) is 25.8 Å². The number of hydrogen-bond acceptors (Lipinski definition) is 2. The molecule has 0 aliphatic carbocycles. The molecule has 0 aliphatic rings. The highest BCUT2D eigenvalue weighted by molar-refractivity contribution is 5.76. The highest BCUT2D eigenvalue weighted by Crippen LogP contribution is 2.17. The van der Waals surface area contributed by atoms with Crippen LogP contribution in [0.1, 0.15) is 38.7 Å². The van der Waals surface area contributed by atoms with Gasteiger partial charge in [-0.1, -0.05) is 37.3 Å². The summed E-state index contributed by atoms with van der Waals surface area (Å²) in [6, 6.07) is 9.36. The van der Waals surface area contributed by atoms with Crippen molar-refractivity contribution in [1.82, 2.24) is 5.32 Å². The van der Waals surface area contributed by atoms with Crippen LogP contribution in [0.4, 0.5) is 0 Å². The second kappa shape index (κ2) is 5.82. The van der Waals surface area contributed by atoms with Gasteiger partial charge in [0.2, 0.25) is 0 Å². The summed E-state index contributed by atoms with van der Waals surface area (Å²) >= 11 is 0. The van der Waals surface area contributed by atoms with Gasteiger partial charge < -0.3 is 10.4 Å². The molecule has 3 heteroatoms. The minimum absolute atomic E-state index is 0.0253. The lowest BCUT2D eigenvalue weighted by Crippen LogP contribution is -2.42. The van der Waals surface area contributed by atoms with Gasteiger partial charge in [-0.25, -0.2) is 0 Å². The van der Waals surface area contributed by atoms with Gasteiger partial charge in [-0.3, -0.25) is 4.79 Å². The Morgan fingerprint density at radius 2 is 1.94 bits per heavy atom. The monoisotopic (exact) mass is 235 g/mol. The lowest BCUT2D eigenvalue weighted by molar-refractivity contribution is -0.138. The van der Waals surface area contributed by atoms with E-state index in [4.69, 9.17) is 0 Å². The highest BCUT2D eigenvalue weighted by Gasteiger charge is 2.23. The molecule has 1 rings (SSSR count). The number of carboxylic acid groups (broad SMARTS) is 1. The molecule has 94 valence electrons. The van der Waals surface area contributed by atoms with Crippen LogP contribution >= 0.6 is 0 Å². The van der Waals surface area contributed by atoms with Crippen molar-refractivity contribution < 1.29 is 9.90 Å². The zero-order valence-electron chi connectivity index (χ0n) is 10.7. The highest BCUT2D eigenvalue weighted by atomic mass is 16.4. The third kappa shape index (κ3) is 4.19. The largest absolute Gasteiger partial charge is 0.481 e. The second-order valence-corrected chi connectivity index (χ2v) is 4.92. The third-order valence-corrected chi connectivity index (χ3v) is 3.17. The first-order valence-electron chi connectivity index (χ1n) is 5.99. The summed E-state index contributed by atoms with van der Waals surface area (Å²) in [6.07, 6.45) is 0.966. The SMILES string of the molecule is CCC(C)(C)NCC(C(=O)O)c1ccccc1. The van der Waals surface area contributed by atoms with E-state index in [1.54, 1.807) is 0 Å². The fourth-order valence-corrected chi connectivity index (χ4v) is 1.54. The molecule has 0 saturated heterocycles. The number of hydrogen-bond donors (Lipinski definition) is 2. The molecule has 0 spiro atoms. The van der Waals surface area contributed by atoms with E-state index >= 15 is 0 Å². The predicted octanol–water partition coefficient (Wildman–Crippen LogP) is 2.63. The van der Waals surface area contributed by atoms with Crippen LogP contribution in [0.5, 0.6) is 0 Å². The van der Waals surface area contributed by atoms with Crippen molar-refractivity contribution >= 4 is 5.97 Å². The molecule has 1 unspecified atom stereocenters. The Morgan fingerprint density at radius 1 is 1.35 bits per heavy atom. The Bertz CT molecular complexity index is 360. The van der Waals surface area contributed by atoms with Crippen molar-refractivity contribution in [3.8, 4) is 0 Å². The van der Waals surface area contributed by atoms with E-state index in [0.29, 0.717) is 6.54 Å². The molecule has 0 aliphatic heterocycles. The fraction of sp³-hybridized carbons (Fsp3) is 0.500. The molecule has 1 aromatic rings. The summed E-state index contributed by atoms with van der Waals surface area (Å²) in [6.45, 7) is 6.71. The average Bonchev–Trinajstić information content (AvgIpc) is 2.30. The lowest BCUT2D eigenvalue weighted by atomic mass is 9.96. The summed E-state index contributed by atoms with van der Waals surface area (Å²) in [5, 5.41) is 12.6. The molecule has 0 heterocycles. The van der Waals surface area contributed by atoms with Gasteiger partial charge in [-0.15, -0.1) is 0 Å². The minimum atomic E-state index is -0.782. The van der Waals surface area contributed by atoms with Crippen LogP contribution in [0.3, 0.4) is 0 Å². The molecule has 1 atom stereocenters. The minimum Gasteiger partial charge on any atom is -0.481 e. The first kappa shape index (κ1) is 13.7. The molecule has 17 heavy (non-hydrogen) atoms. The number of carboxylic acids is 1. The summed E-state index contributed by atoms with van der Waals surface area (Å²) in [5.74, 6) is -1.27. The maximum absolute atomic E-state index is 11.3. The maximum atomic E-state index is 11.3. The summed E-state index contributed by atoms with van der Waals surface area (Å²) < 4.78 is 0. The Morgan fingerprint density at radius 3 is 2.41 bits per heavy atom. The molecule has 0 amide bonds. The number of nitrogens with one attached hydrogen (secondary N) is 1. The van der Waals surface area contributed by atoms with Crippen molar-refractivity contribution in [2.75, 3.05) is 6.54 Å². The zero-order chi connectivity index (χ0) is 12.9. The summed E-state index contributed by atoms with van der Waals surface area (Å²) in [4.78, 5) is 11.3. The Hall–Kier alpha value is -1.35. The van der Waals surface area contributed by atoms with Crippen molar-refractivity contribution in [3.05, 3.63) is 35.9 Å². The van der Waals surface area contributed by atoms with E-state index in [1.165, 1.54) is 0 Å². The number of rotatable bonds is 6. The van der Waals surface area contributed by atoms with Crippen molar-refractivity contribution in [1.29, 1.82) is 0 Å². The van der Waals surface area contributed by atoms with Crippen LogP contribution < -0.4 is 5.32 Å². The Balaban J connectivity index is 2.72. The van der Waals surface area contributed by atoms with Crippen LogP contribution in [-0.4, -0.2) is 23.2 Å². The summed E-state index contributed by atoms with van der Waals surface area (Å²) in [7, 11) is 0. The zero-order valence-corrected chi connectivity index (χ0v) is 10.7. The van der Waals surface area contributed by atoms with Gasteiger partial charge >= 0.3 is 5.97 Å². The molecular weight excluding hydrogens is 214 g/mol. The molecular formula is C14H21NO2. The van der Waals surface area contributed by atoms with Crippen molar-refractivity contribution in [3.63, 3.8) is 0 Å². The quantitative estimate of drug-likeness (QED) is 0.797. The molecule has 1 aromatic carbocycles. The van der Waals surface area contributed by atoms with Gasteiger partial charge in [0.25, 0.3) is 0 Å². The number of aliphatic carboxylic acids is 1. The Labute approximate surface area is 103 Å². The van der Waals surface area contributed by atoms with Crippen LogP contribution in [0.25, 0.3) is 0 Å². The van der Waals surface area contributed by atoms with Crippen LogP contribution in [0, 0.1) is 0 Å². The third-order valence-electron chi connectivity index (χ3n) is 3.17. The molecule has 3 nitrogen and oxygen atoms in total. The van der Waals surface area contributed by atoms with Crippen LogP contribution in [-0.2, 0) is 4.79 Å². The molecule has 0 fully saturated rings. The topological polar surface area (TPSA) is 49.3 Å². The molecule has 0 aromatic heterocycles. The summed E-state index contributed by atoms with van der Waals surface area (Å²) in [5.41, 5.74) is 0.821. The lowest BCUT2D eigenvalue weighted by Gasteiger charge is -2.26. The average molecular weight is 235 g/mol. The van der Waals surface area contributed by atoms with Crippen LogP contribution in [0.2, 0.25) is 0 Å². The van der Waals surface area contributed by atoms with Gasteiger partial charge in [0, 0.05) is 12.1 Å². The van der Waals surface area contributed by atoms with Gasteiger partial charge in [0.05, 0.1) is 5.92 Å². The number of benzene rings is 1. The molecule has 0 saturated carbocycles. The Kier molecular flexibility index (Phi) is 4.70. The first-order valence-corrected chi connectivity index (χ1v) is 5.99. The van der Waals surface area contributed by atoms with E-state index in [2.05, 4.69) is 26.1 Å². The smallest absolute Gasteiger partial charge is 0.312 e. The maximum Gasteiger partial charge on any atom is 0.312 e.